The molecule has 1 N–H and O–H groups in total. The van der Waals surface area contributed by atoms with Crippen LogP contribution in [0.3, 0.4) is 0 Å². The lowest BCUT2D eigenvalue weighted by molar-refractivity contribution is -0.232. The van der Waals surface area contributed by atoms with Gasteiger partial charge in [0, 0.05) is 16.4 Å². The molecule has 1 heterocycles. The summed E-state index contributed by atoms with van der Waals surface area (Å²) < 4.78 is 13.3. The number of allylic oxidation sites excluding steroid dienone is 6. The van der Waals surface area contributed by atoms with E-state index >= 15 is 0 Å². The zero-order chi connectivity index (χ0) is 39.8. The minimum Gasteiger partial charge on any atom is -0.481 e. The lowest BCUT2D eigenvalue weighted by atomic mass is 9.33. The number of aliphatic carboxylic acids is 1. The van der Waals surface area contributed by atoms with Gasteiger partial charge in [0.2, 0.25) is 5.90 Å². The Morgan fingerprint density at radius 2 is 1.78 bits per heavy atom. The predicted molar refractivity (Wildman–Crippen MR) is 220 cm³/mol. The average Bonchev–Trinajstić information content (AvgIpc) is 3.33. The molecule has 1 aliphatic heterocycles. The van der Waals surface area contributed by atoms with Gasteiger partial charge in [-0.2, -0.15) is 0 Å². The topological polar surface area (TPSA) is 85.2 Å². The van der Waals surface area contributed by atoms with Crippen LogP contribution >= 0.6 is 11.6 Å². The van der Waals surface area contributed by atoms with E-state index in [9.17, 15) is 14.7 Å². The van der Waals surface area contributed by atoms with E-state index in [1.54, 1.807) is 25.0 Å². The molecule has 0 saturated heterocycles. The van der Waals surface area contributed by atoms with E-state index in [0.29, 0.717) is 35.2 Å². The van der Waals surface area contributed by atoms with Gasteiger partial charge in [0.15, 0.2) is 5.76 Å². The zero-order valence-electron chi connectivity index (χ0n) is 35.0. The molecule has 9 atom stereocenters. The Hall–Kier alpha value is -2.82. The van der Waals surface area contributed by atoms with Crippen LogP contribution in [0.15, 0.2) is 69.1 Å². The van der Waals surface area contributed by atoms with Gasteiger partial charge in [-0.05, 0) is 143 Å². The standard InChI is InChI=1S/C48H66ClNO5/c1-30(2)33-20-25-48(41-50-28-12-15-35(54-41)31-13-10-11-14-32(49)17-16-31)27-26-46(8)34(40(33)48)18-19-37-45(7)23-22-38(55-39(51)29-43(3,4)42(52)53)44(5,6)36(45)21-24-47(37,46)9/h10-12,14,16-17,30-31,34,36-38H,13,18-29H2,1-9H3,(H,52,53). The molecule has 7 heteroatoms. The molecule has 9 unspecified atom stereocenters. The van der Waals surface area contributed by atoms with E-state index in [0.717, 1.165) is 63.0 Å². The summed E-state index contributed by atoms with van der Waals surface area (Å²) in [5, 5.41) is 10.4. The highest BCUT2D eigenvalue weighted by Gasteiger charge is 2.70. The second-order valence-electron chi connectivity index (χ2n) is 20.6. The molecule has 6 nitrogen and oxygen atoms in total. The van der Waals surface area contributed by atoms with Crippen molar-refractivity contribution in [3.05, 3.63) is 64.1 Å². The van der Waals surface area contributed by atoms with Crippen LogP contribution in [0.4, 0.5) is 0 Å². The maximum absolute atomic E-state index is 13.2. The third-order valence-corrected chi connectivity index (χ3v) is 17.1. The molecular formula is C48H66ClNO5. The first-order chi connectivity index (χ1) is 25.8. The summed E-state index contributed by atoms with van der Waals surface area (Å²) in [5.74, 6) is 2.41. The van der Waals surface area contributed by atoms with Crippen LogP contribution in [0.5, 0.6) is 0 Å². The van der Waals surface area contributed by atoms with Gasteiger partial charge >= 0.3 is 11.9 Å². The number of esters is 1. The van der Waals surface area contributed by atoms with Crippen molar-refractivity contribution in [1.82, 2.24) is 0 Å². The number of aliphatic imine (C=N–C) groups is 1. The Bertz CT molecular complexity index is 1820. The third kappa shape index (κ3) is 6.48. The van der Waals surface area contributed by atoms with Crippen molar-refractivity contribution in [2.75, 3.05) is 6.54 Å². The van der Waals surface area contributed by atoms with E-state index in [-0.39, 0.29) is 51.5 Å². The molecule has 0 amide bonds. The summed E-state index contributed by atoms with van der Waals surface area (Å²) in [4.78, 5) is 30.2. The average molecular weight is 773 g/mol. The van der Waals surface area contributed by atoms with Gasteiger partial charge in [0.25, 0.3) is 0 Å². The smallest absolute Gasteiger partial charge is 0.309 e. The summed E-state index contributed by atoms with van der Waals surface area (Å²) >= 11 is 6.43. The van der Waals surface area contributed by atoms with Crippen LogP contribution < -0.4 is 0 Å². The van der Waals surface area contributed by atoms with Crippen LogP contribution in [-0.4, -0.2) is 35.6 Å². The maximum atomic E-state index is 13.2. The molecule has 55 heavy (non-hydrogen) atoms. The van der Waals surface area contributed by atoms with Gasteiger partial charge < -0.3 is 14.6 Å². The molecule has 0 radical (unpaired) electrons. The fourth-order valence-corrected chi connectivity index (χ4v) is 13.8. The Kier molecular flexibility index (Phi) is 10.4. The summed E-state index contributed by atoms with van der Waals surface area (Å²) in [6, 6.07) is 0. The van der Waals surface area contributed by atoms with Crippen molar-refractivity contribution in [3.63, 3.8) is 0 Å². The van der Waals surface area contributed by atoms with Gasteiger partial charge in [-0.3, -0.25) is 9.59 Å². The van der Waals surface area contributed by atoms with Crippen LogP contribution in [0.1, 0.15) is 139 Å². The zero-order valence-corrected chi connectivity index (χ0v) is 35.8. The summed E-state index contributed by atoms with van der Waals surface area (Å²) in [5.41, 5.74) is 5.72. The normalized spacial score (nSPS) is 39.5. The summed E-state index contributed by atoms with van der Waals surface area (Å²) in [6.45, 7) is 21.1. The predicted octanol–water partition coefficient (Wildman–Crippen LogP) is 11.9. The monoisotopic (exact) mass is 771 g/mol. The largest absolute Gasteiger partial charge is 0.481 e. The first kappa shape index (κ1) is 40.4. The molecule has 6 aliphatic carbocycles. The maximum Gasteiger partial charge on any atom is 0.309 e. The molecule has 4 fully saturated rings. The quantitative estimate of drug-likeness (QED) is 0.158. The third-order valence-electron chi connectivity index (χ3n) is 16.8. The minimum absolute atomic E-state index is 0.0478. The van der Waals surface area contributed by atoms with E-state index in [4.69, 9.17) is 26.1 Å². The Morgan fingerprint density at radius 3 is 2.51 bits per heavy atom. The van der Waals surface area contributed by atoms with Gasteiger partial charge in [-0.15, -0.1) is 0 Å². The molecule has 7 rings (SSSR count). The number of carboxylic acids is 1. The first-order valence-corrected chi connectivity index (χ1v) is 21.7. The highest BCUT2D eigenvalue weighted by molar-refractivity contribution is 6.31. The number of rotatable bonds is 7. The number of ether oxygens (including phenoxy) is 2. The molecule has 0 spiro atoms. The Morgan fingerprint density at radius 1 is 1.02 bits per heavy atom. The fraction of sp³-hybridized carbons (Fsp3) is 0.708. The second kappa shape index (κ2) is 14.2. The Labute approximate surface area is 335 Å². The SMILES string of the molecule is CC(C)C1=C2C3CCC4C5(C)CCC(OC(=O)CC(C)(C)C(=O)O)C(C)(C)C5CCC4(C)C3(C)CCC2(C2=NCC=C=C(C3C=CC(Cl)=CC=CC3)O2)CC1. The van der Waals surface area contributed by atoms with Gasteiger partial charge in [0.1, 0.15) is 6.10 Å². The molecule has 300 valence electrons. The molecule has 7 aliphatic rings. The fourth-order valence-electron chi connectivity index (χ4n) is 13.6. The van der Waals surface area contributed by atoms with E-state index in [1.165, 1.54) is 19.3 Å². The number of carbonyl (C=O) groups excluding carboxylic acids is 1. The molecule has 0 aromatic heterocycles. The van der Waals surface area contributed by atoms with Crippen LogP contribution in [0.25, 0.3) is 0 Å². The van der Waals surface area contributed by atoms with Crippen LogP contribution in [0, 0.1) is 62.1 Å². The molecule has 0 bridgehead atoms. The molecular weight excluding hydrogens is 706 g/mol. The van der Waals surface area contributed by atoms with Crippen molar-refractivity contribution in [2.45, 2.75) is 145 Å². The molecule has 4 saturated carbocycles. The van der Waals surface area contributed by atoms with Gasteiger partial charge in [0.05, 0.1) is 23.8 Å². The summed E-state index contributed by atoms with van der Waals surface area (Å²) in [6.07, 6.45) is 23.7. The number of nitrogens with zero attached hydrogens (tertiary/aromatic N) is 1. The number of halogens is 1. The van der Waals surface area contributed by atoms with Crippen molar-refractivity contribution < 1.29 is 24.2 Å². The van der Waals surface area contributed by atoms with Gasteiger partial charge in [-0.25, -0.2) is 4.99 Å². The van der Waals surface area contributed by atoms with Gasteiger partial charge in [-0.1, -0.05) is 95.2 Å². The lowest BCUT2D eigenvalue weighted by Gasteiger charge is -2.72. The lowest BCUT2D eigenvalue weighted by Crippen LogP contribution is -2.66. The second-order valence-corrected chi connectivity index (χ2v) is 21.1. The molecule has 0 aromatic rings. The van der Waals surface area contributed by atoms with Crippen molar-refractivity contribution in [1.29, 1.82) is 0 Å². The Balaban J connectivity index is 1.17. The number of hydrogen-bond donors (Lipinski definition) is 1. The molecule has 0 aromatic carbocycles. The number of hydrogen-bond acceptors (Lipinski definition) is 5. The van der Waals surface area contributed by atoms with Crippen molar-refractivity contribution >= 4 is 29.4 Å². The number of fused-ring (bicyclic) bond motifs is 7. The highest BCUT2D eigenvalue weighted by Crippen LogP contribution is 2.77. The highest BCUT2D eigenvalue weighted by atomic mass is 35.5. The van der Waals surface area contributed by atoms with Crippen molar-refractivity contribution in [3.8, 4) is 0 Å². The van der Waals surface area contributed by atoms with E-state index in [2.05, 4.69) is 66.3 Å². The van der Waals surface area contributed by atoms with Crippen LogP contribution in [0.2, 0.25) is 0 Å². The number of carboxylic acid groups (broad SMARTS) is 1. The van der Waals surface area contributed by atoms with E-state index in [1.807, 2.05) is 24.3 Å². The van der Waals surface area contributed by atoms with Crippen LogP contribution in [-0.2, 0) is 19.1 Å². The number of carbonyl (C=O) groups is 2. The van der Waals surface area contributed by atoms with E-state index < -0.39 is 11.4 Å². The van der Waals surface area contributed by atoms with Crippen molar-refractivity contribution in [2.24, 2.45) is 67.1 Å². The first-order valence-electron chi connectivity index (χ1n) is 21.3. The summed E-state index contributed by atoms with van der Waals surface area (Å²) in [7, 11) is 0. The minimum atomic E-state index is -1.15.